The van der Waals surface area contributed by atoms with E-state index in [4.69, 9.17) is 4.74 Å². The minimum atomic E-state index is -0.489. The number of pyridine rings is 1. The summed E-state index contributed by atoms with van der Waals surface area (Å²) in [7, 11) is 1.63. The molecule has 0 atom stereocenters. The molecule has 0 aromatic carbocycles. The second-order valence-electron chi connectivity index (χ2n) is 6.14. The monoisotopic (exact) mass is 358 g/mol. The van der Waals surface area contributed by atoms with Crippen molar-refractivity contribution in [3.63, 3.8) is 0 Å². The number of amides is 2. The number of nitrogens with zero attached hydrogens (tertiary/aromatic N) is 3. The summed E-state index contributed by atoms with van der Waals surface area (Å²) in [6.45, 7) is 2.97. The van der Waals surface area contributed by atoms with Crippen LogP contribution >= 0.6 is 0 Å². The van der Waals surface area contributed by atoms with Gasteiger partial charge in [-0.1, -0.05) is 12.2 Å². The third-order valence-corrected chi connectivity index (χ3v) is 4.45. The molecule has 2 heterocycles. The van der Waals surface area contributed by atoms with Crippen LogP contribution in [0.4, 0.5) is 14.9 Å². The zero-order valence-electron chi connectivity index (χ0n) is 14.8. The zero-order chi connectivity index (χ0) is 18.4. The molecule has 1 aromatic rings. The van der Waals surface area contributed by atoms with Crippen molar-refractivity contribution < 1.29 is 13.9 Å². The van der Waals surface area contributed by atoms with Gasteiger partial charge in [0.05, 0.1) is 7.11 Å². The normalized spacial score (nSPS) is 17.3. The fourth-order valence-electron chi connectivity index (χ4n) is 2.99. The first-order chi connectivity index (χ1) is 12.7. The van der Waals surface area contributed by atoms with Crippen molar-refractivity contribution in [3.8, 4) is 0 Å². The molecule has 1 N–H and O–H groups in total. The van der Waals surface area contributed by atoms with Crippen LogP contribution in [0.15, 0.2) is 54.0 Å². The minimum Gasteiger partial charge on any atom is -0.497 e. The van der Waals surface area contributed by atoms with Crippen molar-refractivity contribution in [3.05, 3.63) is 59.9 Å². The van der Waals surface area contributed by atoms with Gasteiger partial charge in [0, 0.05) is 50.7 Å². The molecule has 0 unspecified atom stereocenters. The summed E-state index contributed by atoms with van der Waals surface area (Å²) in [6.07, 6.45) is 10.2. The van der Waals surface area contributed by atoms with Gasteiger partial charge < -0.3 is 19.9 Å². The number of aromatic nitrogens is 1. The van der Waals surface area contributed by atoms with Crippen LogP contribution in [0.5, 0.6) is 0 Å². The number of ether oxygens (including phenoxy) is 1. The predicted molar refractivity (Wildman–Crippen MR) is 98.3 cm³/mol. The van der Waals surface area contributed by atoms with Crippen LogP contribution < -0.4 is 10.2 Å². The van der Waals surface area contributed by atoms with Gasteiger partial charge in [0.2, 0.25) is 5.95 Å². The van der Waals surface area contributed by atoms with Crippen LogP contribution in [-0.2, 0) is 4.74 Å². The minimum absolute atomic E-state index is 0.0870. The summed E-state index contributed by atoms with van der Waals surface area (Å²) in [5.41, 5.74) is 1.82. The summed E-state index contributed by atoms with van der Waals surface area (Å²) in [5, 5.41) is 2.96. The number of carbonyl (C=O) groups is 1. The van der Waals surface area contributed by atoms with E-state index in [2.05, 4.69) is 21.3 Å². The van der Waals surface area contributed by atoms with Crippen LogP contribution in [-0.4, -0.2) is 55.7 Å². The van der Waals surface area contributed by atoms with E-state index in [1.165, 1.54) is 12.3 Å². The van der Waals surface area contributed by atoms with Gasteiger partial charge >= 0.3 is 6.03 Å². The molecule has 0 saturated carbocycles. The van der Waals surface area contributed by atoms with Crippen molar-refractivity contribution in [1.29, 1.82) is 0 Å². The maximum Gasteiger partial charge on any atom is 0.317 e. The Morgan fingerprint density at radius 2 is 2.15 bits per heavy atom. The lowest BCUT2D eigenvalue weighted by molar-refractivity contribution is 0.195. The molecular formula is C19H23FN4O2. The molecule has 1 aromatic heterocycles. The van der Waals surface area contributed by atoms with Gasteiger partial charge in [0.25, 0.3) is 0 Å². The lowest BCUT2D eigenvalue weighted by Crippen LogP contribution is -2.52. The Morgan fingerprint density at radius 3 is 2.88 bits per heavy atom. The Kier molecular flexibility index (Phi) is 5.88. The quantitative estimate of drug-likeness (QED) is 0.840. The van der Waals surface area contributed by atoms with E-state index in [-0.39, 0.29) is 6.03 Å². The van der Waals surface area contributed by atoms with Gasteiger partial charge in [0.1, 0.15) is 5.76 Å². The number of nitrogens with one attached hydrogen (secondary N) is 1. The third-order valence-electron chi connectivity index (χ3n) is 4.45. The Hall–Kier alpha value is -2.83. The van der Waals surface area contributed by atoms with Crippen molar-refractivity contribution in [2.75, 3.05) is 44.7 Å². The number of urea groups is 1. The molecule has 6 nitrogen and oxygen atoms in total. The highest BCUT2D eigenvalue weighted by Gasteiger charge is 2.21. The van der Waals surface area contributed by atoms with Gasteiger partial charge in [-0.25, -0.2) is 9.78 Å². The van der Waals surface area contributed by atoms with Crippen molar-refractivity contribution >= 4 is 11.7 Å². The molecule has 0 radical (unpaired) electrons. The highest BCUT2D eigenvalue weighted by Crippen LogP contribution is 2.16. The Balaban J connectivity index is 1.49. The lowest BCUT2D eigenvalue weighted by Gasteiger charge is -2.36. The molecule has 2 amide bonds. The molecule has 0 spiro atoms. The lowest BCUT2D eigenvalue weighted by atomic mass is 10.2. The van der Waals surface area contributed by atoms with Crippen LogP contribution in [0.2, 0.25) is 0 Å². The molecule has 138 valence electrons. The Morgan fingerprint density at radius 1 is 1.35 bits per heavy atom. The fourth-order valence-corrected chi connectivity index (χ4v) is 2.99. The van der Waals surface area contributed by atoms with E-state index in [0.29, 0.717) is 32.7 Å². The number of carbonyl (C=O) groups excluding carboxylic acids is 1. The number of rotatable bonds is 4. The number of anilines is 1. The standard InChI is InChI=1S/C19H23FN4O2/c1-26-17-5-3-2-4-15(12-17)14-22-19(25)24-10-8-23(9-11-24)16-6-7-21-18(20)13-16/h3-7,12-13H,2,8-11,14H2,1H3,(H,22,25). The molecule has 3 rings (SSSR count). The average molecular weight is 358 g/mol. The molecule has 7 heteroatoms. The summed E-state index contributed by atoms with van der Waals surface area (Å²) < 4.78 is 18.5. The first kappa shape index (κ1) is 18.0. The first-order valence-electron chi connectivity index (χ1n) is 8.66. The predicted octanol–water partition coefficient (Wildman–Crippen LogP) is 2.47. The van der Waals surface area contributed by atoms with Crippen LogP contribution in [0.3, 0.4) is 0 Å². The molecule has 0 bridgehead atoms. The van der Waals surface area contributed by atoms with Gasteiger partial charge in [-0.2, -0.15) is 4.39 Å². The largest absolute Gasteiger partial charge is 0.497 e. The molecule has 1 fully saturated rings. The van der Waals surface area contributed by atoms with Crippen molar-refractivity contribution in [1.82, 2.24) is 15.2 Å². The maximum absolute atomic E-state index is 13.3. The van der Waals surface area contributed by atoms with E-state index < -0.39 is 5.95 Å². The summed E-state index contributed by atoms with van der Waals surface area (Å²) in [6, 6.07) is 3.11. The van der Waals surface area contributed by atoms with E-state index in [1.807, 2.05) is 18.2 Å². The number of methoxy groups -OCH3 is 1. The van der Waals surface area contributed by atoms with Crippen LogP contribution in [0.1, 0.15) is 6.42 Å². The third kappa shape index (κ3) is 4.62. The van der Waals surface area contributed by atoms with E-state index in [0.717, 1.165) is 23.4 Å². The molecule has 26 heavy (non-hydrogen) atoms. The molecular weight excluding hydrogens is 335 g/mol. The van der Waals surface area contributed by atoms with E-state index in [9.17, 15) is 9.18 Å². The summed E-state index contributed by atoms with van der Waals surface area (Å²) >= 11 is 0. The smallest absolute Gasteiger partial charge is 0.317 e. The summed E-state index contributed by atoms with van der Waals surface area (Å²) in [5.74, 6) is 0.290. The highest BCUT2D eigenvalue weighted by molar-refractivity contribution is 5.75. The molecule has 1 saturated heterocycles. The van der Waals surface area contributed by atoms with Crippen molar-refractivity contribution in [2.45, 2.75) is 6.42 Å². The van der Waals surface area contributed by atoms with E-state index in [1.54, 1.807) is 18.1 Å². The highest BCUT2D eigenvalue weighted by atomic mass is 19.1. The van der Waals surface area contributed by atoms with Gasteiger partial charge in [0.15, 0.2) is 0 Å². The SMILES string of the molecule is COC1=CC(CNC(=O)N2CCN(c3ccnc(F)c3)CC2)=CCC=C1. The fraction of sp³-hybridized carbons (Fsp3) is 0.368. The second kappa shape index (κ2) is 8.51. The number of allylic oxidation sites excluding steroid dienone is 3. The second-order valence-corrected chi connectivity index (χ2v) is 6.14. The van der Waals surface area contributed by atoms with Gasteiger partial charge in [-0.15, -0.1) is 0 Å². The number of hydrogen-bond acceptors (Lipinski definition) is 4. The number of halogens is 1. The molecule has 1 aliphatic carbocycles. The molecule has 1 aliphatic heterocycles. The average Bonchev–Trinajstić information content (AvgIpc) is 2.91. The molecule has 2 aliphatic rings. The Bertz CT molecular complexity index is 737. The van der Waals surface area contributed by atoms with E-state index >= 15 is 0 Å². The topological polar surface area (TPSA) is 57.7 Å². The Labute approximate surface area is 152 Å². The van der Waals surface area contributed by atoms with Crippen LogP contribution in [0, 0.1) is 5.95 Å². The van der Waals surface area contributed by atoms with Crippen LogP contribution in [0.25, 0.3) is 0 Å². The number of hydrogen-bond donors (Lipinski definition) is 1. The zero-order valence-corrected chi connectivity index (χ0v) is 14.8. The summed E-state index contributed by atoms with van der Waals surface area (Å²) in [4.78, 5) is 19.8. The number of piperazine rings is 1. The van der Waals surface area contributed by atoms with Crippen molar-refractivity contribution in [2.24, 2.45) is 0 Å². The van der Waals surface area contributed by atoms with Gasteiger partial charge in [-0.05, 0) is 30.2 Å². The first-order valence-corrected chi connectivity index (χ1v) is 8.66. The maximum atomic E-state index is 13.3. The van der Waals surface area contributed by atoms with Gasteiger partial charge in [-0.3, -0.25) is 0 Å².